The Labute approximate surface area is 115 Å². The molecule has 2 atom stereocenters. The number of aliphatic hydroxyl groups excluding tert-OH is 1. The standard InChI is InChI=1S/C13H17NO2S2/c15-8-9-1-4-14(7-9)13(16)12-10-2-5-17-11(10)3-6-18-12/h2,5,9,12,15H,1,3-4,6-8H2. The summed E-state index contributed by atoms with van der Waals surface area (Å²) in [5, 5.41) is 11.3. The number of fused-ring (bicyclic) bond motifs is 1. The molecule has 2 unspecified atom stereocenters. The third-order valence-corrected chi connectivity index (χ3v) is 5.98. The second kappa shape index (κ2) is 5.23. The Morgan fingerprint density at radius 1 is 1.56 bits per heavy atom. The largest absolute Gasteiger partial charge is 0.396 e. The second-order valence-corrected chi connectivity index (χ2v) is 7.14. The van der Waals surface area contributed by atoms with Crippen LogP contribution in [0, 0.1) is 5.92 Å². The summed E-state index contributed by atoms with van der Waals surface area (Å²) in [6.07, 6.45) is 2.04. The van der Waals surface area contributed by atoms with E-state index >= 15 is 0 Å². The molecular formula is C13H17NO2S2. The van der Waals surface area contributed by atoms with Gasteiger partial charge in [-0.05, 0) is 35.6 Å². The highest BCUT2D eigenvalue weighted by atomic mass is 32.2. The Bertz CT molecular complexity index is 446. The van der Waals surface area contributed by atoms with Gasteiger partial charge in [-0.25, -0.2) is 0 Å². The summed E-state index contributed by atoms with van der Waals surface area (Å²) in [5.74, 6) is 1.57. The van der Waals surface area contributed by atoms with E-state index in [1.165, 1.54) is 10.4 Å². The lowest BCUT2D eigenvalue weighted by molar-refractivity contribution is -0.129. The maximum Gasteiger partial charge on any atom is 0.240 e. The highest BCUT2D eigenvalue weighted by Gasteiger charge is 2.34. The third-order valence-electron chi connectivity index (χ3n) is 3.76. The van der Waals surface area contributed by atoms with E-state index < -0.39 is 0 Å². The molecule has 0 spiro atoms. The van der Waals surface area contributed by atoms with Crippen LogP contribution >= 0.6 is 23.1 Å². The summed E-state index contributed by atoms with van der Waals surface area (Å²) in [5.41, 5.74) is 1.23. The number of thiophene rings is 1. The van der Waals surface area contributed by atoms with Crippen molar-refractivity contribution in [2.45, 2.75) is 18.1 Å². The zero-order valence-electron chi connectivity index (χ0n) is 10.2. The molecule has 3 nitrogen and oxygen atoms in total. The van der Waals surface area contributed by atoms with E-state index in [4.69, 9.17) is 5.11 Å². The molecule has 2 aliphatic heterocycles. The smallest absolute Gasteiger partial charge is 0.240 e. The molecule has 18 heavy (non-hydrogen) atoms. The van der Waals surface area contributed by atoms with E-state index in [1.54, 1.807) is 23.1 Å². The number of hydrogen-bond donors (Lipinski definition) is 1. The molecule has 1 aromatic rings. The van der Waals surface area contributed by atoms with Crippen molar-refractivity contribution in [3.05, 3.63) is 21.9 Å². The molecule has 0 aromatic carbocycles. The number of aliphatic hydroxyl groups is 1. The van der Waals surface area contributed by atoms with Crippen LogP contribution in [-0.2, 0) is 11.2 Å². The first-order valence-corrected chi connectivity index (χ1v) is 8.30. The van der Waals surface area contributed by atoms with Crippen molar-refractivity contribution < 1.29 is 9.90 Å². The van der Waals surface area contributed by atoms with Crippen LogP contribution in [0.15, 0.2) is 11.4 Å². The average molecular weight is 283 g/mol. The summed E-state index contributed by atoms with van der Waals surface area (Å²) in [4.78, 5) is 15.9. The van der Waals surface area contributed by atoms with Gasteiger partial charge in [-0.2, -0.15) is 0 Å². The highest BCUT2D eigenvalue weighted by molar-refractivity contribution is 8.00. The number of hydrogen-bond acceptors (Lipinski definition) is 4. The van der Waals surface area contributed by atoms with Gasteiger partial charge in [0.2, 0.25) is 5.91 Å². The lowest BCUT2D eigenvalue weighted by Gasteiger charge is -2.26. The number of amides is 1. The van der Waals surface area contributed by atoms with Crippen LogP contribution in [0.2, 0.25) is 0 Å². The van der Waals surface area contributed by atoms with Gasteiger partial charge in [-0.1, -0.05) is 0 Å². The van der Waals surface area contributed by atoms with Crippen LogP contribution in [0.1, 0.15) is 22.1 Å². The van der Waals surface area contributed by atoms with Gasteiger partial charge in [-0.3, -0.25) is 4.79 Å². The van der Waals surface area contributed by atoms with Crippen molar-refractivity contribution in [2.75, 3.05) is 25.4 Å². The first-order valence-electron chi connectivity index (χ1n) is 6.37. The minimum atomic E-state index is -0.00237. The van der Waals surface area contributed by atoms with Gasteiger partial charge >= 0.3 is 0 Å². The van der Waals surface area contributed by atoms with Crippen LogP contribution in [0.5, 0.6) is 0 Å². The van der Waals surface area contributed by atoms with E-state index in [9.17, 15) is 4.79 Å². The van der Waals surface area contributed by atoms with Gasteiger partial charge in [0.1, 0.15) is 5.25 Å². The normalized spacial score (nSPS) is 27.3. The van der Waals surface area contributed by atoms with Gasteiger partial charge in [0.15, 0.2) is 0 Å². The molecule has 1 N–H and O–H groups in total. The molecule has 0 radical (unpaired) electrons. The van der Waals surface area contributed by atoms with Crippen LogP contribution < -0.4 is 0 Å². The maximum atomic E-state index is 12.6. The average Bonchev–Trinajstić information content (AvgIpc) is 3.05. The minimum absolute atomic E-state index is 0.00237. The molecule has 0 aliphatic carbocycles. The Morgan fingerprint density at radius 2 is 2.44 bits per heavy atom. The molecule has 1 fully saturated rings. The Kier molecular flexibility index (Phi) is 3.63. The molecule has 0 bridgehead atoms. The fraction of sp³-hybridized carbons (Fsp3) is 0.615. The second-order valence-electron chi connectivity index (χ2n) is 4.92. The number of nitrogens with zero attached hydrogens (tertiary/aromatic N) is 1. The highest BCUT2D eigenvalue weighted by Crippen LogP contribution is 2.41. The summed E-state index contributed by atoms with van der Waals surface area (Å²) < 4.78 is 0. The zero-order chi connectivity index (χ0) is 12.5. The molecular weight excluding hydrogens is 266 g/mol. The van der Waals surface area contributed by atoms with Gasteiger partial charge < -0.3 is 10.0 Å². The van der Waals surface area contributed by atoms with Crippen molar-refractivity contribution in [2.24, 2.45) is 5.92 Å². The first-order chi connectivity index (χ1) is 8.79. The SMILES string of the molecule is O=C(C1SCCc2sccc21)N1CCC(CO)C1. The van der Waals surface area contributed by atoms with Crippen LogP contribution in [-0.4, -0.2) is 41.4 Å². The molecule has 1 saturated heterocycles. The number of carbonyl (C=O) groups excluding carboxylic acids is 1. The topological polar surface area (TPSA) is 40.5 Å². The zero-order valence-corrected chi connectivity index (χ0v) is 11.8. The molecule has 1 aromatic heterocycles. The fourth-order valence-corrected chi connectivity index (χ4v) is 5.07. The Balaban J connectivity index is 1.75. The molecule has 3 heterocycles. The Hall–Kier alpha value is -0.520. The van der Waals surface area contributed by atoms with Gasteiger partial charge in [-0.15, -0.1) is 23.1 Å². The molecule has 3 rings (SSSR count). The molecule has 2 aliphatic rings. The fourth-order valence-electron chi connectivity index (χ4n) is 2.70. The summed E-state index contributed by atoms with van der Waals surface area (Å²) in [6.45, 7) is 1.73. The predicted octanol–water partition coefficient (Wildman–Crippen LogP) is 1.92. The van der Waals surface area contributed by atoms with Crippen molar-refractivity contribution >= 4 is 29.0 Å². The van der Waals surface area contributed by atoms with E-state index in [0.29, 0.717) is 0 Å². The van der Waals surface area contributed by atoms with Gasteiger partial charge in [0, 0.05) is 30.5 Å². The number of thioether (sulfide) groups is 1. The minimum Gasteiger partial charge on any atom is -0.396 e. The predicted molar refractivity (Wildman–Crippen MR) is 75.0 cm³/mol. The summed E-state index contributed by atoms with van der Waals surface area (Å²) >= 11 is 3.54. The molecule has 98 valence electrons. The summed E-state index contributed by atoms with van der Waals surface area (Å²) in [6, 6.07) is 2.11. The number of aryl methyl sites for hydroxylation is 1. The van der Waals surface area contributed by atoms with Crippen molar-refractivity contribution in [1.82, 2.24) is 4.90 Å². The van der Waals surface area contributed by atoms with Gasteiger partial charge in [0.25, 0.3) is 0 Å². The van der Waals surface area contributed by atoms with Crippen molar-refractivity contribution in [3.63, 3.8) is 0 Å². The monoisotopic (exact) mass is 283 g/mol. The maximum absolute atomic E-state index is 12.6. The van der Waals surface area contributed by atoms with Crippen molar-refractivity contribution in [3.8, 4) is 0 Å². The Morgan fingerprint density at radius 3 is 3.22 bits per heavy atom. The quantitative estimate of drug-likeness (QED) is 0.901. The van der Waals surface area contributed by atoms with Crippen molar-refractivity contribution in [1.29, 1.82) is 0 Å². The number of likely N-dealkylation sites (tertiary alicyclic amines) is 1. The van der Waals surface area contributed by atoms with E-state index in [1.807, 2.05) is 4.90 Å². The summed E-state index contributed by atoms with van der Waals surface area (Å²) in [7, 11) is 0. The number of carbonyl (C=O) groups is 1. The molecule has 1 amide bonds. The molecule has 5 heteroatoms. The van der Waals surface area contributed by atoms with Crippen LogP contribution in [0.25, 0.3) is 0 Å². The van der Waals surface area contributed by atoms with E-state index in [0.717, 1.165) is 31.7 Å². The van der Waals surface area contributed by atoms with Crippen LogP contribution in [0.3, 0.4) is 0 Å². The van der Waals surface area contributed by atoms with E-state index in [-0.39, 0.29) is 23.7 Å². The van der Waals surface area contributed by atoms with Gasteiger partial charge in [0.05, 0.1) is 0 Å². The number of rotatable bonds is 2. The first kappa shape index (κ1) is 12.5. The molecule has 0 saturated carbocycles. The lowest BCUT2D eigenvalue weighted by Crippen LogP contribution is -2.33. The lowest BCUT2D eigenvalue weighted by atomic mass is 10.1. The third kappa shape index (κ3) is 2.19. The van der Waals surface area contributed by atoms with E-state index in [2.05, 4.69) is 11.4 Å². The van der Waals surface area contributed by atoms with Crippen LogP contribution in [0.4, 0.5) is 0 Å².